The number of nitrogens with zero attached hydrogens (tertiary/aromatic N) is 2. The van der Waals surface area contributed by atoms with Gasteiger partial charge in [0.15, 0.2) is 0 Å². The lowest BCUT2D eigenvalue weighted by Crippen LogP contribution is -2.45. The molecule has 29 heavy (non-hydrogen) atoms. The molecule has 154 valence electrons. The van der Waals surface area contributed by atoms with E-state index in [2.05, 4.69) is 69.8 Å². The summed E-state index contributed by atoms with van der Waals surface area (Å²) in [7, 11) is 0. The number of aryl methyl sites for hydroxylation is 1. The number of nitrogens with one attached hydrogen (secondary N) is 2. The van der Waals surface area contributed by atoms with Crippen LogP contribution in [-0.2, 0) is 19.5 Å². The fourth-order valence-corrected chi connectivity index (χ4v) is 4.38. The maximum Gasteiger partial charge on any atom is 0.315 e. The summed E-state index contributed by atoms with van der Waals surface area (Å²) in [5, 5.41) is 6.12. The minimum Gasteiger partial charge on any atom is -0.334 e. The summed E-state index contributed by atoms with van der Waals surface area (Å²) < 4.78 is 0. The minimum atomic E-state index is -0.0930. The second-order valence-corrected chi connectivity index (χ2v) is 8.14. The summed E-state index contributed by atoms with van der Waals surface area (Å²) in [4.78, 5) is 17.4. The van der Waals surface area contributed by atoms with E-state index in [0.717, 1.165) is 44.6 Å². The normalized spacial score (nSPS) is 19.7. The molecule has 2 aromatic rings. The highest BCUT2D eigenvalue weighted by molar-refractivity contribution is 5.74. The minimum absolute atomic E-state index is 0.0930. The Bertz CT molecular complexity index is 812. The summed E-state index contributed by atoms with van der Waals surface area (Å²) in [6.07, 6.45) is 2.02. The molecule has 0 unspecified atom stereocenters. The maximum absolute atomic E-state index is 12.3. The third-order valence-electron chi connectivity index (χ3n) is 6.23. The van der Waals surface area contributed by atoms with Crippen LogP contribution in [0.3, 0.4) is 0 Å². The van der Waals surface area contributed by atoms with Gasteiger partial charge in [-0.15, -0.1) is 0 Å². The SMILES string of the molecule is CCN1CCN(Cc2ccc(CNC(=O)N[C@H]3CCc4ccccc43)cc2)CC1. The lowest BCUT2D eigenvalue weighted by Gasteiger charge is -2.34. The summed E-state index contributed by atoms with van der Waals surface area (Å²) in [6, 6.07) is 17.0. The molecule has 1 aliphatic heterocycles. The van der Waals surface area contributed by atoms with E-state index in [1.54, 1.807) is 0 Å². The molecule has 2 aromatic carbocycles. The van der Waals surface area contributed by atoms with Gasteiger partial charge >= 0.3 is 6.03 Å². The van der Waals surface area contributed by atoms with E-state index in [4.69, 9.17) is 0 Å². The number of piperazine rings is 1. The Morgan fingerprint density at radius 3 is 2.41 bits per heavy atom. The quantitative estimate of drug-likeness (QED) is 0.793. The molecule has 0 saturated carbocycles. The summed E-state index contributed by atoms with van der Waals surface area (Å²) in [5.41, 5.74) is 5.08. The molecule has 1 heterocycles. The molecule has 0 bridgehead atoms. The highest BCUT2D eigenvalue weighted by Gasteiger charge is 2.23. The molecule has 0 aromatic heterocycles. The highest BCUT2D eigenvalue weighted by Crippen LogP contribution is 2.30. The molecule has 1 saturated heterocycles. The van der Waals surface area contributed by atoms with Crippen molar-refractivity contribution < 1.29 is 4.79 Å². The van der Waals surface area contributed by atoms with Gasteiger partial charge in [0, 0.05) is 39.3 Å². The molecule has 0 radical (unpaired) electrons. The van der Waals surface area contributed by atoms with Crippen molar-refractivity contribution in [2.45, 2.75) is 38.9 Å². The Hall–Kier alpha value is -2.37. The van der Waals surface area contributed by atoms with Crippen LogP contribution in [0.2, 0.25) is 0 Å². The predicted molar refractivity (Wildman–Crippen MR) is 117 cm³/mol. The van der Waals surface area contributed by atoms with E-state index < -0.39 is 0 Å². The van der Waals surface area contributed by atoms with Gasteiger partial charge in [-0.1, -0.05) is 55.5 Å². The fraction of sp³-hybridized carbons (Fsp3) is 0.458. The standard InChI is InChI=1S/C24H32N4O/c1-2-27-13-15-28(16-14-27)18-20-9-7-19(8-10-20)17-25-24(29)26-23-12-11-21-5-3-4-6-22(21)23/h3-10,23H,2,11-18H2,1H3,(H2,25,26,29)/t23-/m0/s1. The predicted octanol–water partition coefficient (Wildman–Crippen LogP) is 3.31. The molecule has 0 spiro atoms. The molecule has 5 nitrogen and oxygen atoms in total. The third-order valence-corrected chi connectivity index (χ3v) is 6.23. The zero-order valence-electron chi connectivity index (χ0n) is 17.4. The van der Waals surface area contributed by atoms with Gasteiger partial charge in [-0.2, -0.15) is 0 Å². The topological polar surface area (TPSA) is 47.6 Å². The largest absolute Gasteiger partial charge is 0.334 e. The van der Waals surface area contributed by atoms with Crippen LogP contribution in [0.15, 0.2) is 48.5 Å². The molecule has 1 atom stereocenters. The van der Waals surface area contributed by atoms with Crippen molar-refractivity contribution in [3.05, 3.63) is 70.8 Å². The molecule has 2 N–H and O–H groups in total. The zero-order chi connectivity index (χ0) is 20.1. The van der Waals surface area contributed by atoms with E-state index in [-0.39, 0.29) is 12.1 Å². The lowest BCUT2D eigenvalue weighted by atomic mass is 10.1. The van der Waals surface area contributed by atoms with Crippen LogP contribution in [0.5, 0.6) is 0 Å². The van der Waals surface area contributed by atoms with Gasteiger partial charge < -0.3 is 15.5 Å². The van der Waals surface area contributed by atoms with Crippen LogP contribution in [0, 0.1) is 0 Å². The highest BCUT2D eigenvalue weighted by atomic mass is 16.2. The van der Waals surface area contributed by atoms with Crippen molar-refractivity contribution in [1.82, 2.24) is 20.4 Å². The maximum atomic E-state index is 12.3. The van der Waals surface area contributed by atoms with Crippen LogP contribution in [0.1, 0.15) is 41.6 Å². The summed E-state index contributed by atoms with van der Waals surface area (Å²) in [6.45, 7) is 9.55. The van der Waals surface area contributed by atoms with Gasteiger partial charge in [-0.25, -0.2) is 4.79 Å². The van der Waals surface area contributed by atoms with E-state index in [0.29, 0.717) is 6.54 Å². The second kappa shape index (κ2) is 9.42. The molecular weight excluding hydrogens is 360 g/mol. The van der Waals surface area contributed by atoms with Gasteiger partial charge in [0.05, 0.1) is 6.04 Å². The first-order chi connectivity index (χ1) is 14.2. The Kier molecular flexibility index (Phi) is 6.47. The van der Waals surface area contributed by atoms with Gasteiger partial charge in [-0.3, -0.25) is 4.90 Å². The lowest BCUT2D eigenvalue weighted by molar-refractivity contribution is 0.132. The summed E-state index contributed by atoms with van der Waals surface area (Å²) >= 11 is 0. The average Bonchev–Trinajstić information content (AvgIpc) is 3.17. The molecule has 1 aliphatic carbocycles. The number of benzene rings is 2. The van der Waals surface area contributed by atoms with Gasteiger partial charge in [-0.05, 0) is 41.6 Å². The Balaban J connectivity index is 1.22. The number of hydrogen-bond donors (Lipinski definition) is 2. The van der Waals surface area contributed by atoms with E-state index >= 15 is 0 Å². The van der Waals surface area contributed by atoms with Crippen LogP contribution in [-0.4, -0.2) is 48.6 Å². The number of carbonyl (C=O) groups is 1. The van der Waals surface area contributed by atoms with Crippen LogP contribution in [0.4, 0.5) is 4.79 Å². The number of likely N-dealkylation sites (N-methyl/N-ethyl adjacent to an activating group) is 1. The molecule has 5 heteroatoms. The second-order valence-electron chi connectivity index (χ2n) is 8.14. The molecular formula is C24H32N4O. The third kappa shape index (κ3) is 5.17. The van der Waals surface area contributed by atoms with Gasteiger partial charge in [0.25, 0.3) is 0 Å². The Labute approximate surface area is 174 Å². The van der Waals surface area contributed by atoms with Crippen molar-refractivity contribution in [3.63, 3.8) is 0 Å². The van der Waals surface area contributed by atoms with Gasteiger partial charge in [0.2, 0.25) is 0 Å². The number of carbonyl (C=O) groups excluding carboxylic acids is 1. The van der Waals surface area contributed by atoms with Crippen LogP contribution in [0.25, 0.3) is 0 Å². The molecule has 4 rings (SSSR count). The summed E-state index contributed by atoms with van der Waals surface area (Å²) in [5.74, 6) is 0. The van der Waals surface area contributed by atoms with E-state index in [1.165, 1.54) is 29.8 Å². The van der Waals surface area contributed by atoms with Gasteiger partial charge in [0.1, 0.15) is 0 Å². The Morgan fingerprint density at radius 2 is 1.66 bits per heavy atom. The van der Waals surface area contributed by atoms with Crippen LogP contribution >= 0.6 is 0 Å². The number of urea groups is 1. The molecule has 2 amide bonds. The first-order valence-electron chi connectivity index (χ1n) is 10.9. The zero-order valence-corrected chi connectivity index (χ0v) is 17.4. The van der Waals surface area contributed by atoms with E-state index in [1.807, 2.05) is 6.07 Å². The fourth-order valence-electron chi connectivity index (χ4n) is 4.38. The van der Waals surface area contributed by atoms with Crippen molar-refractivity contribution >= 4 is 6.03 Å². The van der Waals surface area contributed by atoms with Crippen molar-refractivity contribution in [2.75, 3.05) is 32.7 Å². The number of rotatable bonds is 6. The Morgan fingerprint density at radius 1 is 0.966 bits per heavy atom. The van der Waals surface area contributed by atoms with E-state index in [9.17, 15) is 4.79 Å². The average molecular weight is 393 g/mol. The number of fused-ring (bicyclic) bond motifs is 1. The van der Waals surface area contributed by atoms with Crippen LogP contribution < -0.4 is 10.6 Å². The number of amides is 2. The number of hydrogen-bond acceptors (Lipinski definition) is 3. The molecule has 1 fully saturated rings. The molecule has 2 aliphatic rings. The van der Waals surface area contributed by atoms with Crippen molar-refractivity contribution in [2.24, 2.45) is 0 Å². The first-order valence-corrected chi connectivity index (χ1v) is 10.9. The van der Waals surface area contributed by atoms with Crippen molar-refractivity contribution in [3.8, 4) is 0 Å². The monoisotopic (exact) mass is 392 g/mol. The smallest absolute Gasteiger partial charge is 0.315 e. The van der Waals surface area contributed by atoms with Crippen molar-refractivity contribution in [1.29, 1.82) is 0 Å². The first kappa shape index (κ1) is 19.9.